The fourth-order valence-electron chi connectivity index (χ4n) is 2.45. The molecule has 2 aliphatic heterocycles. The zero-order valence-corrected chi connectivity index (χ0v) is 7.55. The largest absolute Gasteiger partial charge is 0.355 e. The normalized spacial score (nSPS) is 36.2. The van der Waals surface area contributed by atoms with E-state index in [1.807, 2.05) is 0 Å². The second kappa shape index (κ2) is 3.05. The van der Waals surface area contributed by atoms with Gasteiger partial charge in [0.1, 0.15) is 0 Å². The highest BCUT2D eigenvalue weighted by atomic mass is 16.2. The summed E-state index contributed by atoms with van der Waals surface area (Å²) in [6, 6.07) is 0.198. The number of carbonyl (C=O) groups is 1. The number of amides is 1. The van der Waals surface area contributed by atoms with Crippen LogP contribution in [0, 0.1) is 5.92 Å². The summed E-state index contributed by atoms with van der Waals surface area (Å²) in [7, 11) is 0. The highest BCUT2D eigenvalue weighted by Gasteiger charge is 2.40. The Morgan fingerprint density at radius 3 is 3.17 bits per heavy atom. The molecule has 0 saturated carbocycles. The van der Waals surface area contributed by atoms with Crippen LogP contribution in [0.15, 0.2) is 0 Å². The SMILES string of the molecule is CCN1CCC2CCNC(=O)C21. The van der Waals surface area contributed by atoms with Gasteiger partial charge in [0.25, 0.3) is 0 Å². The predicted octanol–water partition coefficient (Wildman–Crippen LogP) is 0.217. The average molecular weight is 168 g/mol. The Balaban J connectivity index is 2.11. The Morgan fingerprint density at radius 1 is 1.58 bits per heavy atom. The lowest BCUT2D eigenvalue weighted by Gasteiger charge is -2.30. The summed E-state index contributed by atoms with van der Waals surface area (Å²) in [6.45, 7) is 5.13. The Morgan fingerprint density at radius 2 is 2.42 bits per heavy atom. The fourth-order valence-corrected chi connectivity index (χ4v) is 2.45. The quantitative estimate of drug-likeness (QED) is 0.607. The number of hydrogen-bond donors (Lipinski definition) is 1. The van der Waals surface area contributed by atoms with Gasteiger partial charge in [-0.15, -0.1) is 0 Å². The summed E-state index contributed by atoms with van der Waals surface area (Å²) < 4.78 is 0. The number of piperidine rings is 1. The molecule has 2 saturated heterocycles. The Labute approximate surface area is 73.1 Å². The number of carbonyl (C=O) groups excluding carboxylic acids is 1. The molecule has 1 amide bonds. The first-order valence-corrected chi connectivity index (χ1v) is 4.84. The first kappa shape index (κ1) is 8.05. The number of hydrogen-bond acceptors (Lipinski definition) is 2. The molecular weight excluding hydrogens is 152 g/mol. The molecule has 0 aromatic carbocycles. The summed E-state index contributed by atoms with van der Waals surface area (Å²) in [5.41, 5.74) is 0. The van der Waals surface area contributed by atoms with Crippen molar-refractivity contribution in [3.05, 3.63) is 0 Å². The number of likely N-dealkylation sites (N-methyl/N-ethyl adjacent to an activating group) is 1. The number of rotatable bonds is 1. The molecule has 0 aliphatic carbocycles. The molecule has 0 radical (unpaired) electrons. The minimum absolute atomic E-state index is 0.198. The van der Waals surface area contributed by atoms with E-state index >= 15 is 0 Å². The third kappa shape index (κ3) is 1.12. The molecule has 0 bridgehead atoms. The molecule has 68 valence electrons. The first-order valence-electron chi connectivity index (χ1n) is 4.84. The van der Waals surface area contributed by atoms with Crippen LogP contribution in [0.5, 0.6) is 0 Å². The van der Waals surface area contributed by atoms with E-state index in [0.29, 0.717) is 5.92 Å². The van der Waals surface area contributed by atoms with Crippen LogP contribution >= 0.6 is 0 Å². The topological polar surface area (TPSA) is 32.3 Å². The van der Waals surface area contributed by atoms with Crippen LogP contribution in [0.4, 0.5) is 0 Å². The Hall–Kier alpha value is -0.570. The molecule has 2 atom stereocenters. The van der Waals surface area contributed by atoms with E-state index in [9.17, 15) is 4.79 Å². The maximum atomic E-state index is 11.5. The van der Waals surface area contributed by atoms with E-state index < -0.39 is 0 Å². The van der Waals surface area contributed by atoms with Crippen molar-refractivity contribution in [2.24, 2.45) is 5.92 Å². The van der Waals surface area contributed by atoms with E-state index in [1.54, 1.807) is 0 Å². The van der Waals surface area contributed by atoms with E-state index in [0.717, 1.165) is 19.6 Å². The summed E-state index contributed by atoms with van der Waals surface area (Å²) in [5.74, 6) is 0.893. The minimum atomic E-state index is 0.198. The summed E-state index contributed by atoms with van der Waals surface area (Å²) in [6.07, 6.45) is 2.39. The molecule has 2 aliphatic rings. The van der Waals surface area contributed by atoms with Gasteiger partial charge in [-0.1, -0.05) is 6.92 Å². The van der Waals surface area contributed by atoms with Gasteiger partial charge >= 0.3 is 0 Å². The van der Waals surface area contributed by atoms with Crippen molar-refractivity contribution in [3.8, 4) is 0 Å². The third-order valence-corrected chi connectivity index (χ3v) is 3.12. The molecule has 0 aromatic heterocycles. The molecule has 3 nitrogen and oxygen atoms in total. The van der Waals surface area contributed by atoms with Crippen molar-refractivity contribution in [1.82, 2.24) is 10.2 Å². The lowest BCUT2D eigenvalue weighted by Crippen LogP contribution is -2.50. The van der Waals surface area contributed by atoms with E-state index in [1.165, 1.54) is 12.8 Å². The van der Waals surface area contributed by atoms with Gasteiger partial charge in [0.2, 0.25) is 5.91 Å². The molecule has 0 aromatic rings. The molecule has 1 N–H and O–H groups in total. The third-order valence-electron chi connectivity index (χ3n) is 3.12. The van der Waals surface area contributed by atoms with Crippen molar-refractivity contribution in [2.75, 3.05) is 19.6 Å². The summed E-state index contributed by atoms with van der Waals surface area (Å²) in [5, 5.41) is 2.94. The maximum absolute atomic E-state index is 11.5. The molecule has 3 heteroatoms. The monoisotopic (exact) mass is 168 g/mol. The van der Waals surface area contributed by atoms with Crippen LogP contribution in [0.25, 0.3) is 0 Å². The van der Waals surface area contributed by atoms with Gasteiger partial charge in [-0.3, -0.25) is 9.69 Å². The highest BCUT2D eigenvalue weighted by Crippen LogP contribution is 2.28. The Bertz CT molecular complexity index is 187. The predicted molar refractivity (Wildman–Crippen MR) is 46.8 cm³/mol. The van der Waals surface area contributed by atoms with Crippen LogP contribution in [-0.2, 0) is 4.79 Å². The van der Waals surface area contributed by atoms with Gasteiger partial charge in [0.05, 0.1) is 6.04 Å². The average Bonchev–Trinajstić information content (AvgIpc) is 2.49. The van der Waals surface area contributed by atoms with Crippen LogP contribution in [-0.4, -0.2) is 36.5 Å². The molecule has 2 heterocycles. The van der Waals surface area contributed by atoms with Crippen molar-refractivity contribution in [2.45, 2.75) is 25.8 Å². The van der Waals surface area contributed by atoms with Crippen LogP contribution < -0.4 is 5.32 Å². The molecule has 2 fully saturated rings. The number of fused-ring (bicyclic) bond motifs is 1. The zero-order valence-electron chi connectivity index (χ0n) is 7.55. The van der Waals surface area contributed by atoms with E-state index in [2.05, 4.69) is 17.1 Å². The Kier molecular flexibility index (Phi) is 2.05. The molecular formula is C9H16N2O. The number of nitrogens with one attached hydrogen (secondary N) is 1. The van der Waals surface area contributed by atoms with E-state index in [4.69, 9.17) is 0 Å². The standard InChI is InChI=1S/C9H16N2O/c1-2-11-6-4-7-3-5-10-9(12)8(7)11/h7-8H,2-6H2,1H3,(H,10,12). The van der Waals surface area contributed by atoms with Gasteiger partial charge < -0.3 is 5.32 Å². The van der Waals surface area contributed by atoms with Crippen molar-refractivity contribution >= 4 is 5.91 Å². The van der Waals surface area contributed by atoms with Crippen molar-refractivity contribution < 1.29 is 4.79 Å². The van der Waals surface area contributed by atoms with Gasteiger partial charge in [-0.05, 0) is 31.8 Å². The van der Waals surface area contributed by atoms with Gasteiger partial charge in [-0.2, -0.15) is 0 Å². The summed E-state index contributed by atoms with van der Waals surface area (Å²) >= 11 is 0. The zero-order chi connectivity index (χ0) is 8.55. The first-order chi connectivity index (χ1) is 5.83. The van der Waals surface area contributed by atoms with Crippen molar-refractivity contribution in [3.63, 3.8) is 0 Å². The second-order valence-corrected chi connectivity index (χ2v) is 3.70. The molecule has 12 heavy (non-hydrogen) atoms. The second-order valence-electron chi connectivity index (χ2n) is 3.70. The molecule has 0 spiro atoms. The lowest BCUT2D eigenvalue weighted by molar-refractivity contribution is -0.128. The van der Waals surface area contributed by atoms with Gasteiger partial charge in [0.15, 0.2) is 0 Å². The fraction of sp³-hybridized carbons (Fsp3) is 0.889. The van der Waals surface area contributed by atoms with Crippen LogP contribution in [0.1, 0.15) is 19.8 Å². The maximum Gasteiger partial charge on any atom is 0.237 e. The van der Waals surface area contributed by atoms with Gasteiger partial charge in [0, 0.05) is 6.54 Å². The van der Waals surface area contributed by atoms with Crippen molar-refractivity contribution in [1.29, 1.82) is 0 Å². The molecule has 2 unspecified atom stereocenters. The van der Waals surface area contributed by atoms with E-state index in [-0.39, 0.29) is 11.9 Å². The highest BCUT2D eigenvalue weighted by molar-refractivity contribution is 5.83. The number of likely N-dealkylation sites (tertiary alicyclic amines) is 1. The lowest BCUT2D eigenvalue weighted by atomic mass is 9.93. The minimum Gasteiger partial charge on any atom is -0.355 e. The van der Waals surface area contributed by atoms with Gasteiger partial charge in [-0.25, -0.2) is 0 Å². The van der Waals surface area contributed by atoms with Crippen LogP contribution in [0.3, 0.4) is 0 Å². The molecule has 2 rings (SSSR count). The summed E-state index contributed by atoms with van der Waals surface area (Å²) in [4.78, 5) is 13.8. The van der Waals surface area contributed by atoms with Crippen LogP contribution in [0.2, 0.25) is 0 Å². The number of nitrogens with zero attached hydrogens (tertiary/aromatic N) is 1. The smallest absolute Gasteiger partial charge is 0.237 e.